The molecule has 0 N–H and O–H groups in total. The molecule has 0 saturated carbocycles. The van der Waals surface area contributed by atoms with Gasteiger partial charge in [-0.05, 0) is 36.0 Å². The van der Waals surface area contributed by atoms with Gasteiger partial charge in [0.1, 0.15) is 0 Å². The second-order valence-corrected chi connectivity index (χ2v) is 6.99. The summed E-state index contributed by atoms with van der Waals surface area (Å²) in [4.78, 5) is 8.45. The Morgan fingerprint density at radius 1 is 0.741 bits per heavy atom. The third-order valence-corrected chi connectivity index (χ3v) is 4.83. The van der Waals surface area contributed by atoms with Gasteiger partial charge in [0.2, 0.25) is 5.95 Å². The fourth-order valence-electron chi connectivity index (χ4n) is 3.22. The zero-order chi connectivity index (χ0) is 19.1. The number of aromatic nitrogens is 2. The second kappa shape index (κ2) is 9.40. The van der Waals surface area contributed by atoms with Crippen LogP contribution in [0.15, 0.2) is 54.7 Å². The van der Waals surface area contributed by atoms with Gasteiger partial charge >= 0.3 is 0 Å². The van der Waals surface area contributed by atoms with Gasteiger partial charge in [-0.15, -0.1) is 0 Å². The molecule has 2 nitrogen and oxygen atoms in total. The van der Waals surface area contributed by atoms with Crippen LogP contribution in [0.1, 0.15) is 50.7 Å². The minimum atomic E-state index is -0.397. The highest BCUT2D eigenvalue weighted by atomic mass is 19.1. The van der Waals surface area contributed by atoms with Gasteiger partial charge in [0.15, 0.2) is 5.82 Å². The van der Waals surface area contributed by atoms with Crippen LogP contribution in [0.25, 0.3) is 22.5 Å². The molecule has 0 bridgehead atoms. The summed E-state index contributed by atoms with van der Waals surface area (Å²) in [6.07, 6.45) is 7.79. The van der Waals surface area contributed by atoms with Crippen molar-refractivity contribution in [3.8, 4) is 22.5 Å². The van der Waals surface area contributed by atoms with E-state index in [0.717, 1.165) is 43.2 Å². The van der Waals surface area contributed by atoms with Crippen LogP contribution < -0.4 is 0 Å². The van der Waals surface area contributed by atoms with E-state index < -0.39 is 5.95 Å². The van der Waals surface area contributed by atoms with E-state index >= 15 is 0 Å². The van der Waals surface area contributed by atoms with E-state index in [2.05, 4.69) is 48.1 Å². The maximum atomic E-state index is 14.3. The number of aryl methyl sites for hydroxylation is 2. The predicted octanol–water partition coefficient (Wildman–Crippen LogP) is 6.63. The summed E-state index contributed by atoms with van der Waals surface area (Å²) in [6.45, 7) is 4.33. The van der Waals surface area contributed by atoms with Crippen LogP contribution in [-0.2, 0) is 12.8 Å². The Hall–Kier alpha value is -2.55. The Balaban J connectivity index is 1.74. The highest BCUT2D eigenvalue weighted by molar-refractivity contribution is 5.67. The largest absolute Gasteiger partial charge is 0.236 e. The van der Waals surface area contributed by atoms with Crippen LogP contribution in [0.4, 0.5) is 4.39 Å². The molecule has 27 heavy (non-hydrogen) atoms. The highest BCUT2D eigenvalue weighted by Crippen LogP contribution is 2.24. The molecule has 2 aromatic carbocycles. The lowest BCUT2D eigenvalue weighted by Crippen LogP contribution is -1.99. The van der Waals surface area contributed by atoms with Gasteiger partial charge in [0.25, 0.3) is 0 Å². The van der Waals surface area contributed by atoms with Crippen molar-refractivity contribution in [2.45, 2.75) is 52.4 Å². The summed E-state index contributed by atoms with van der Waals surface area (Å²) in [5.74, 6) is 0.0447. The molecule has 140 valence electrons. The molecule has 0 unspecified atom stereocenters. The molecule has 0 saturated heterocycles. The fourth-order valence-corrected chi connectivity index (χ4v) is 3.22. The van der Waals surface area contributed by atoms with E-state index in [9.17, 15) is 4.39 Å². The fraction of sp³-hybridized carbons (Fsp3) is 0.333. The number of halogens is 1. The van der Waals surface area contributed by atoms with Gasteiger partial charge in [0, 0.05) is 17.3 Å². The third-order valence-electron chi connectivity index (χ3n) is 4.83. The van der Waals surface area contributed by atoms with Gasteiger partial charge < -0.3 is 0 Å². The van der Waals surface area contributed by atoms with Gasteiger partial charge in [-0.3, -0.25) is 0 Å². The number of hydrogen-bond donors (Lipinski definition) is 0. The lowest BCUT2D eigenvalue weighted by molar-refractivity contribution is 0.556. The van der Waals surface area contributed by atoms with Crippen LogP contribution in [0.3, 0.4) is 0 Å². The molecule has 1 heterocycles. The first-order chi connectivity index (χ1) is 13.2. The highest BCUT2D eigenvalue weighted by Gasteiger charge is 2.09. The van der Waals surface area contributed by atoms with E-state index in [4.69, 9.17) is 0 Å². The Bertz CT molecular complexity index is 855. The van der Waals surface area contributed by atoms with Crippen molar-refractivity contribution >= 4 is 0 Å². The van der Waals surface area contributed by atoms with Crippen LogP contribution in [0.5, 0.6) is 0 Å². The van der Waals surface area contributed by atoms with Crippen molar-refractivity contribution in [1.29, 1.82) is 0 Å². The summed E-state index contributed by atoms with van der Waals surface area (Å²) in [7, 11) is 0. The molecule has 0 aliphatic carbocycles. The van der Waals surface area contributed by atoms with Gasteiger partial charge in [0.05, 0.1) is 0 Å². The summed E-state index contributed by atoms with van der Waals surface area (Å²) >= 11 is 0. The Kier molecular flexibility index (Phi) is 6.69. The first-order valence-electron chi connectivity index (χ1n) is 9.92. The summed E-state index contributed by atoms with van der Waals surface area (Å²) < 4.78 is 14.3. The monoisotopic (exact) mass is 362 g/mol. The van der Waals surface area contributed by atoms with E-state index in [1.807, 2.05) is 24.3 Å². The third kappa shape index (κ3) is 5.00. The van der Waals surface area contributed by atoms with Gasteiger partial charge in [-0.1, -0.05) is 81.6 Å². The Morgan fingerprint density at radius 3 is 1.96 bits per heavy atom. The van der Waals surface area contributed by atoms with Crippen LogP contribution >= 0.6 is 0 Å². The van der Waals surface area contributed by atoms with Crippen molar-refractivity contribution in [3.05, 3.63) is 71.8 Å². The van der Waals surface area contributed by atoms with Gasteiger partial charge in [-0.25, -0.2) is 4.98 Å². The lowest BCUT2D eigenvalue weighted by Gasteiger charge is -2.07. The first-order valence-corrected chi connectivity index (χ1v) is 9.92. The number of rotatable bonds is 8. The van der Waals surface area contributed by atoms with Crippen molar-refractivity contribution in [2.75, 3.05) is 0 Å². The molecule has 0 spiro atoms. The zero-order valence-corrected chi connectivity index (χ0v) is 16.2. The van der Waals surface area contributed by atoms with E-state index in [0.29, 0.717) is 17.8 Å². The number of unbranched alkanes of at least 4 members (excludes halogenated alkanes) is 2. The summed E-state index contributed by atoms with van der Waals surface area (Å²) in [5.41, 5.74) is 5.12. The SMILES string of the molecule is CCCCCc1cnc(-c2ccc(-c3ccc(CCC)cc3)cc2)nc1F. The number of nitrogens with zero attached hydrogens (tertiary/aromatic N) is 2. The topological polar surface area (TPSA) is 25.8 Å². The predicted molar refractivity (Wildman–Crippen MR) is 110 cm³/mol. The molecule has 0 aliphatic heterocycles. The van der Waals surface area contributed by atoms with Crippen molar-refractivity contribution < 1.29 is 4.39 Å². The molecule has 0 aliphatic rings. The molecular weight excluding hydrogens is 335 g/mol. The minimum Gasteiger partial charge on any atom is -0.236 e. The van der Waals surface area contributed by atoms with Crippen molar-refractivity contribution in [1.82, 2.24) is 9.97 Å². The van der Waals surface area contributed by atoms with E-state index in [-0.39, 0.29) is 0 Å². The molecule has 0 amide bonds. The smallest absolute Gasteiger partial charge is 0.219 e. The van der Waals surface area contributed by atoms with Crippen molar-refractivity contribution in [3.63, 3.8) is 0 Å². The summed E-state index contributed by atoms with van der Waals surface area (Å²) in [5, 5.41) is 0. The summed E-state index contributed by atoms with van der Waals surface area (Å²) in [6, 6.07) is 16.7. The maximum absolute atomic E-state index is 14.3. The minimum absolute atomic E-state index is 0.397. The van der Waals surface area contributed by atoms with E-state index in [1.165, 1.54) is 11.1 Å². The second-order valence-electron chi connectivity index (χ2n) is 6.99. The maximum Gasteiger partial charge on any atom is 0.219 e. The Morgan fingerprint density at radius 2 is 1.37 bits per heavy atom. The standard InChI is InChI=1S/C24H27FN2/c1-3-5-6-8-22-17-26-24(27-23(22)25)21-15-13-20(14-16-21)19-11-9-18(7-4-2)10-12-19/h9-17H,3-8H2,1-2H3. The molecular formula is C24H27FN2. The van der Waals surface area contributed by atoms with Crippen LogP contribution in [-0.4, -0.2) is 9.97 Å². The Labute approximate surface area is 161 Å². The van der Waals surface area contributed by atoms with Crippen molar-refractivity contribution in [2.24, 2.45) is 0 Å². The normalized spacial score (nSPS) is 10.9. The van der Waals surface area contributed by atoms with Gasteiger partial charge in [-0.2, -0.15) is 9.37 Å². The molecule has 3 aromatic rings. The molecule has 0 fully saturated rings. The first kappa shape index (κ1) is 19.2. The average Bonchev–Trinajstić information content (AvgIpc) is 2.70. The van der Waals surface area contributed by atoms with Crippen LogP contribution in [0.2, 0.25) is 0 Å². The molecule has 1 aromatic heterocycles. The van der Waals surface area contributed by atoms with Crippen LogP contribution in [0, 0.1) is 5.95 Å². The molecule has 3 rings (SSSR count). The molecule has 0 radical (unpaired) electrons. The average molecular weight is 362 g/mol. The lowest BCUT2D eigenvalue weighted by atomic mass is 10.0. The zero-order valence-electron chi connectivity index (χ0n) is 16.2. The number of hydrogen-bond acceptors (Lipinski definition) is 2. The molecule has 0 atom stereocenters. The van der Waals surface area contributed by atoms with E-state index in [1.54, 1.807) is 6.20 Å². The number of benzene rings is 2. The quantitative estimate of drug-likeness (QED) is 0.332. The molecule has 3 heteroatoms.